The number of benzene rings is 1. The minimum absolute atomic E-state index is 0.221. The molecule has 6 heteroatoms. The van der Waals surface area contributed by atoms with E-state index < -0.39 is 6.09 Å². The average molecular weight is 316 g/mol. The molecule has 0 spiro atoms. The van der Waals surface area contributed by atoms with Crippen LogP contribution < -0.4 is 0 Å². The van der Waals surface area contributed by atoms with Crippen LogP contribution in [0.4, 0.5) is 4.79 Å². The number of carbonyl (C=O) groups excluding carboxylic acids is 2. The summed E-state index contributed by atoms with van der Waals surface area (Å²) < 4.78 is 0. The van der Waals surface area contributed by atoms with Crippen molar-refractivity contribution in [2.24, 2.45) is 5.92 Å². The lowest BCUT2D eigenvalue weighted by molar-refractivity contribution is 0.0647. The number of likely N-dealkylation sites (tertiary alicyclic amines) is 1. The van der Waals surface area contributed by atoms with E-state index in [0.717, 1.165) is 19.3 Å². The molecule has 122 valence electrons. The number of amides is 3. The van der Waals surface area contributed by atoms with Crippen LogP contribution in [0.1, 0.15) is 46.4 Å². The number of imide groups is 1. The Morgan fingerprint density at radius 1 is 1.17 bits per heavy atom. The summed E-state index contributed by atoms with van der Waals surface area (Å²) in [6, 6.07) is 6.88. The zero-order valence-electron chi connectivity index (χ0n) is 12.9. The van der Waals surface area contributed by atoms with Crippen molar-refractivity contribution >= 4 is 17.9 Å². The van der Waals surface area contributed by atoms with E-state index in [2.05, 4.69) is 0 Å². The molecule has 2 heterocycles. The zero-order chi connectivity index (χ0) is 16.4. The van der Waals surface area contributed by atoms with Gasteiger partial charge in [-0.25, -0.2) is 4.79 Å². The van der Waals surface area contributed by atoms with Crippen LogP contribution >= 0.6 is 0 Å². The van der Waals surface area contributed by atoms with Gasteiger partial charge in [0.15, 0.2) is 0 Å². The monoisotopic (exact) mass is 316 g/mol. The molecular weight excluding hydrogens is 296 g/mol. The van der Waals surface area contributed by atoms with Crippen molar-refractivity contribution in [3.05, 3.63) is 35.4 Å². The maximum atomic E-state index is 12.2. The second-order valence-corrected chi connectivity index (χ2v) is 6.19. The van der Waals surface area contributed by atoms with Gasteiger partial charge in [0.25, 0.3) is 11.8 Å². The molecule has 0 aliphatic carbocycles. The van der Waals surface area contributed by atoms with Gasteiger partial charge in [-0.1, -0.05) is 12.1 Å². The molecule has 1 N–H and O–H groups in total. The van der Waals surface area contributed by atoms with Crippen LogP contribution in [-0.2, 0) is 0 Å². The van der Waals surface area contributed by atoms with Crippen LogP contribution in [0, 0.1) is 5.92 Å². The molecular formula is C17H20N2O4. The molecule has 0 saturated carbocycles. The minimum Gasteiger partial charge on any atom is -0.465 e. The fourth-order valence-electron chi connectivity index (χ4n) is 3.45. The molecule has 2 aliphatic heterocycles. The van der Waals surface area contributed by atoms with Crippen molar-refractivity contribution in [2.45, 2.75) is 25.7 Å². The van der Waals surface area contributed by atoms with E-state index in [4.69, 9.17) is 5.11 Å². The number of carbonyl (C=O) groups is 3. The van der Waals surface area contributed by atoms with Crippen LogP contribution in [0.15, 0.2) is 24.3 Å². The molecule has 23 heavy (non-hydrogen) atoms. The Bertz CT molecular complexity index is 608. The number of nitrogens with zero attached hydrogens (tertiary/aromatic N) is 2. The summed E-state index contributed by atoms with van der Waals surface area (Å²) in [4.78, 5) is 38.3. The third kappa shape index (κ3) is 3.06. The molecule has 1 aromatic rings. The van der Waals surface area contributed by atoms with Gasteiger partial charge >= 0.3 is 6.09 Å². The van der Waals surface area contributed by atoms with E-state index in [-0.39, 0.29) is 11.8 Å². The smallest absolute Gasteiger partial charge is 0.407 e. The number of piperidine rings is 1. The highest BCUT2D eigenvalue weighted by Crippen LogP contribution is 2.25. The van der Waals surface area contributed by atoms with Gasteiger partial charge in [0, 0.05) is 19.6 Å². The second kappa shape index (κ2) is 6.40. The molecule has 3 rings (SSSR count). The third-order valence-corrected chi connectivity index (χ3v) is 4.66. The van der Waals surface area contributed by atoms with Crippen molar-refractivity contribution in [3.8, 4) is 0 Å². The zero-order valence-corrected chi connectivity index (χ0v) is 12.9. The number of hydrogen-bond donors (Lipinski definition) is 1. The van der Waals surface area contributed by atoms with Crippen molar-refractivity contribution < 1.29 is 19.5 Å². The average Bonchev–Trinajstić information content (AvgIpc) is 2.80. The summed E-state index contributed by atoms with van der Waals surface area (Å²) >= 11 is 0. The molecule has 0 bridgehead atoms. The van der Waals surface area contributed by atoms with E-state index in [1.807, 2.05) is 0 Å². The standard InChI is InChI=1S/C17H20N2O4/c20-15-13-7-1-2-8-14(13)16(21)19(15)10-4-6-12-5-3-9-18(11-12)17(22)23/h1-2,7-8,12H,3-6,9-11H2,(H,22,23)/t12-/m1/s1. The van der Waals surface area contributed by atoms with Gasteiger partial charge < -0.3 is 10.0 Å². The normalized spacial score (nSPS) is 20.8. The summed E-state index contributed by atoms with van der Waals surface area (Å²) in [6.45, 7) is 1.55. The molecule has 2 aliphatic rings. The summed E-state index contributed by atoms with van der Waals surface area (Å²) in [5.74, 6) is -0.127. The minimum atomic E-state index is -0.866. The first kappa shape index (κ1) is 15.5. The number of fused-ring (bicyclic) bond motifs is 1. The van der Waals surface area contributed by atoms with Crippen molar-refractivity contribution in [1.29, 1.82) is 0 Å². The molecule has 1 fully saturated rings. The quantitative estimate of drug-likeness (QED) is 0.866. The van der Waals surface area contributed by atoms with E-state index in [9.17, 15) is 14.4 Å². The summed E-state index contributed by atoms with van der Waals surface area (Å²) in [7, 11) is 0. The summed E-state index contributed by atoms with van der Waals surface area (Å²) in [5, 5.41) is 9.05. The Kier molecular flexibility index (Phi) is 4.32. The largest absolute Gasteiger partial charge is 0.465 e. The second-order valence-electron chi connectivity index (χ2n) is 6.19. The van der Waals surface area contributed by atoms with Crippen LogP contribution in [-0.4, -0.2) is 52.4 Å². The van der Waals surface area contributed by atoms with Gasteiger partial charge in [-0.15, -0.1) is 0 Å². The van der Waals surface area contributed by atoms with Gasteiger partial charge in [0.1, 0.15) is 0 Å². The Morgan fingerprint density at radius 3 is 2.43 bits per heavy atom. The van der Waals surface area contributed by atoms with E-state index in [0.29, 0.717) is 43.1 Å². The topological polar surface area (TPSA) is 77.9 Å². The third-order valence-electron chi connectivity index (χ3n) is 4.66. The molecule has 0 radical (unpaired) electrons. The molecule has 1 aromatic carbocycles. The highest BCUT2D eigenvalue weighted by Gasteiger charge is 2.34. The van der Waals surface area contributed by atoms with Gasteiger partial charge in [-0.2, -0.15) is 0 Å². The van der Waals surface area contributed by atoms with E-state index in [1.54, 1.807) is 24.3 Å². The van der Waals surface area contributed by atoms with Crippen molar-refractivity contribution in [2.75, 3.05) is 19.6 Å². The Morgan fingerprint density at radius 2 is 1.83 bits per heavy atom. The van der Waals surface area contributed by atoms with Crippen LogP contribution in [0.25, 0.3) is 0 Å². The molecule has 3 amide bonds. The van der Waals surface area contributed by atoms with Crippen molar-refractivity contribution in [1.82, 2.24) is 9.80 Å². The molecule has 0 aromatic heterocycles. The van der Waals surface area contributed by atoms with Crippen LogP contribution in [0.3, 0.4) is 0 Å². The van der Waals surface area contributed by atoms with E-state index >= 15 is 0 Å². The Labute approximate surface area is 134 Å². The predicted molar refractivity (Wildman–Crippen MR) is 83.4 cm³/mol. The predicted octanol–water partition coefficient (Wildman–Crippen LogP) is 2.45. The number of rotatable bonds is 4. The SMILES string of the molecule is O=C(O)N1CCC[C@H](CCCN2C(=O)c3ccccc3C2=O)C1. The first-order chi connectivity index (χ1) is 11.1. The van der Waals surface area contributed by atoms with Crippen LogP contribution in [0.2, 0.25) is 0 Å². The van der Waals surface area contributed by atoms with Crippen LogP contribution in [0.5, 0.6) is 0 Å². The highest BCUT2D eigenvalue weighted by atomic mass is 16.4. The lowest BCUT2D eigenvalue weighted by Crippen LogP contribution is -2.39. The number of hydrogen-bond acceptors (Lipinski definition) is 3. The highest BCUT2D eigenvalue weighted by molar-refractivity contribution is 6.21. The van der Waals surface area contributed by atoms with E-state index in [1.165, 1.54) is 9.80 Å². The first-order valence-corrected chi connectivity index (χ1v) is 8.01. The maximum absolute atomic E-state index is 12.2. The fraction of sp³-hybridized carbons (Fsp3) is 0.471. The van der Waals surface area contributed by atoms with Crippen molar-refractivity contribution in [3.63, 3.8) is 0 Å². The van der Waals surface area contributed by atoms with Gasteiger partial charge in [-0.05, 0) is 43.7 Å². The summed E-state index contributed by atoms with van der Waals surface area (Å²) in [5.41, 5.74) is 0.958. The summed E-state index contributed by atoms with van der Waals surface area (Å²) in [6.07, 6.45) is 2.56. The molecule has 0 unspecified atom stereocenters. The Hall–Kier alpha value is -2.37. The van der Waals surface area contributed by atoms with Gasteiger partial charge in [-0.3, -0.25) is 14.5 Å². The maximum Gasteiger partial charge on any atom is 0.407 e. The lowest BCUT2D eigenvalue weighted by atomic mass is 9.93. The van der Waals surface area contributed by atoms with Gasteiger partial charge in [0.05, 0.1) is 11.1 Å². The molecule has 1 saturated heterocycles. The Balaban J connectivity index is 1.53. The first-order valence-electron chi connectivity index (χ1n) is 8.01. The fourth-order valence-corrected chi connectivity index (χ4v) is 3.45. The number of carboxylic acid groups (broad SMARTS) is 1. The molecule has 6 nitrogen and oxygen atoms in total. The lowest BCUT2D eigenvalue weighted by Gasteiger charge is -2.31. The van der Waals surface area contributed by atoms with Gasteiger partial charge in [0.2, 0.25) is 0 Å². The molecule has 1 atom stereocenters.